The monoisotopic (exact) mass is 509 g/mol. The summed E-state index contributed by atoms with van der Waals surface area (Å²) >= 11 is 2.35. The quantitative estimate of drug-likeness (QED) is 0.328. The minimum atomic E-state index is -0.945. The van der Waals surface area contributed by atoms with Crippen molar-refractivity contribution in [2.75, 3.05) is 11.0 Å². The maximum Gasteiger partial charge on any atom is 0.163 e. The summed E-state index contributed by atoms with van der Waals surface area (Å²) in [4.78, 5) is 0. The molecule has 2 atom stereocenters. The van der Waals surface area contributed by atoms with Gasteiger partial charge in [-0.15, -0.1) is 0 Å². The number of hydrogen-bond donors (Lipinski definition) is 0. The van der Waals surface area contributed by atoms with Crippen molar-refractivity contribution in [3.63, 3.8) is 0 Å². The molecule has 3 rings (SSSR count). The minimum absolute atomic E-state index is 0.0444. The van der Waals surface area contributed by atoms with Gasteiger partial charge in [0.2, 0.25) is 0 Å². The second-order valence-electron chi connectivity index (χ2n) is 8.70. The van der Waals surface area contributed by atoms with Gasteiger partial charge in [-0.3, -0.25) is 0 Å². The van der Waals surface area contributed by atoms with Gasteiger partial charge < -0.3 is 14.2 Å². The Morgan fingerprint density at radius 3 is 2.25 bits per heavy atom. The highest BCUT2D eigenvalue weighted by atomic mass is 127. The van der Waals surface area contributed by atoms with Gasteiger partial charge >= 0.3 is 0 Å². The molecule has 0 N–H and O–H groups in total. The molecule has 2 aromatic rings. The maximum absolute atomic E-state index is 6.16. The molecule has 28 heavy (non-hydrogen) atoms. The highest BCUT2D eigenvalue weighted by Crippen LogP contribution is 2.30. The summed E-state index contributed by atoms with van der Waals surface area (Å²) in [5.41, 5.74) is 0. The third-order valence-corrected chi connectivity index (χ3v) is 8.95. The van der Waals surface area contributed by atoms with Gasteiger partial charge in [0.1, 0.15) is 27.3 Å². The van der Waals surface area contributed by atoms with Crippen molar-refractivity contribution in [3.8, 4) is 5.75 Å². The van der Waals surface area contributed by atoms with Crippen molar-refractivity contribution >= 4 is 41.8 Å². The van der Waals surface area contributed by atoms with Gasteiger partial charge in [0.15, 0.2) is 5.79 Å². The maximum atomic E-state index is 6.16. The Balaban J connectivity index is 1.78. The first-order valence-corrected chi connectivity index (χ1v) is 12.8. The topological polar surface area (TPSA) is 27.7 Å². The molecule has 1 aliphatic rings. The lowest BCUT2D eigenvalue weighted by Crippen LogP contribution is -2.48. The normalized spacial score (nSPS) is 21.8. The van der Waals surface area contributed by atoms with Gasteiger partial charge in [-0.2, -0.15) is 0 Å². The Morgan fingerprint density at radius 2 is 1.61 bits per heavy atom. The van der Waals surface area contributed by atoms with Crippen LogP contribution in [0.4, 0.5) is 0 Å². The minimum Gasteiger partial charge on any atom is -0.491 e. The lowest BCUT2D eigenvalue weighted by molar-refractivity contribution is -0.146. The number of hydrogen-bond acceptors (Lipinski definition) is 3. The van der Waals surface area contributed by atoms with Crippen LogP contribution in [0.1, 0.15) is 34.6 Å². The van der Waals surface area contributed by atoms with Gasteiger partial charge in [-0.1, -0.05) is 96.2 Å². The zero-order valence-corrected chi connectivity index (χ0v) is 20.5. The fourth-order valence-corrected chi connectivity index (χ4v) is 7.63. The van der Waals surface area contributed by atoms with E-state index in [2.05, 4.69) is 91.9 Å². The fraction of sp³-hybridized carbons (Fsp3) is 0.478. The average Bonchev–Trinajstić information content (AvgIpc) is 2.94. The van der Waals surface area contributed by atoms with Crippen LogP contribution >= 0.6 is 22.6 Å². The summed E-state index contributed by atoms with van der Waals surface area (Å²) in [7, 11) is -0.945. The van der Waals surface area contributed by atoms with Crippen molar-refractivity contribution in [2.24, 2.45) is 0 Å². The molecule has 1 fully saturated rings. The number of ether oxygens (including phenoxy) is 3. The van der Waals surface area contributed by atoms with Gasteiger partial charge in [0, 0.05) is 4.43 Å². The molecule has 3 nitrogen and oxygen atoms in total. The highest BCUT2D eigenvalue weighted by molar-refractivity contribution is 14.1. The molecule has 0 bridgehead atoms. The van der Waals surface area contributed by atoms with E-state index in [-0.39, 0.29) is 17.2 Å². The second kappa shape index (κ2) is 8.86. The Morgan fingerprint density at radius 1 is 0.964 bits per heavy atom. The molecule has 0 aromatic heterocycles. The molecule has 151 valence electrons. The van der Waals surface area contributed by atoms with Crippen LogP contribution in [0.2, 0.25) is 5.04 Å². The van der Waals surface area contributed by atoms with Crippen LogP contribution < -0.4 is 15.1 Å². The Kier molecular flexibility index (Phi) is 6.90. The van der Waals surface area contributed by atoms with Gasteiger partial charge in [0.05, 0.1) is 6.10 Å². The van der Waals surface area contributed by atoms with E-state index in [1.165, 1.54) is 10.4 Å². The molecular weight excluding hydrogens is 479 g/mol. The molecular formula is C23H30IO3Si. The molecule has 0 saturated carbocycles. The summed E-state index contributed by atoms with van der Waals surface area (Å²) in [5.74, 6) is 0.363. The predicted molar refractivity (Wildman–Crippen MR) is 126 cm³/mol. The summed E-state index contributed by atoms with van der Waals surface area (Å²) < 4.78 is 19.0. The van der Waals surface area contributed by atoms with Gasteiger partial charge in [-0.05, 0) is 31.0 Å². The first kappa shape index (κ1) is 21.8. The van der Waals surface area contributed by atoms with Crippen molar-refractivity contribution < 1.29 is 14.2 Å². The van der Waals surface area contributed by atoms with E-state index in [1.54, 1.807) is 0 Å². The summed E-state index contributed by atoms with van der Waals surface area (Å²) in [5, 5.41) is 3.00. The van der Waals surface area contributed by atoms with E-state index in [4.69, 9.17) is 14.2 Å². The molecule has 1 saturated heterocycles. The molecule has 0 unspecified atom stereocenters. The first-order valence-electron chi connectivity index (χ1n) is 9.77. The number of rotatable bonds is 6. The van der Waals surface area contributed by atoms with E-state index in [0.29, 0.717) is 6.61 Å². The third kappa shape index (κ3) is 5.37. The molecule has 2 aromatic carbocycles. The van der Waals surface area contributed by atoms with Crippen LogP contribution in [-0.2, 0) is 9.47 Å². The van der Waals surface area contributed by atoms with E-state index in [0.717, 1.165) is 10.2 Å². The van der Waals surface area contributed by atoms with Crippen LogP contribution in [0, 0.1) is 0 Å². The van der Waals surface area contributed by atoms with E-state index < -0.39 is 14.6 Å². The predicted octanol–water partition coefficient (Wildman–Crippen LogP) is 4.43. The smallest absolute Gasteiger partial charge is 0.163 e. The summed E-state index contributed by atoms with van der Waals surface area (Å²) in [6.45, 7) is 11.4. The number of alkyl halides is 1. The van der Waals surface area contributed by atoms with Crippen LogP contribution in [0.5, 0.6) is 5.75 Å². The van der Waals surface area contributed by atoms with Crippen LogP contribution in [0.15, 0.2) is 54.6 Å². The second-order valence-corrected chi connectivity index (χ2v) is 13.0. The van der Waals surface area contributed by atoms with E-state index >= 15 is 0 Å². The zero-order valence-electron chi connectivity index (χ0n) is 17.4. The third-order valence-electron chi connectivity index (χ3n) is 4.79. The van der Waals surface area contributed by atoms with Crippen LogP contribution in [0.3, 0.4) is 0 Å². The molecule has 0 amide bonds. The van der Waals surface area contributed by atoms with Crippen molar-refractivity contribution in [2.45, 2.75) is 57.7 Å². The molecule has 1 aliphatic heterocycles. The van der Waals surface area contributed by atoms with Crippen LogP contribution in [-0.4, -0.2) is 37.8 Å². The Hall–Kier alpha value is -0.893. The van der Waals surface area contributed by atoms with Crippen LogP contribution in [0.25, 0.3) is 0 Å². The van der Waals surface area contributed by atoms with E-state index in [1.807, 2.05) is 19.9 Å². The standard InChI is InChI=1S/C23H30IO3Si/c1-22(2,3)28(18-11-7-6-8-12-18)19-13-9-10-17(14-19)25-16-21-20(15-24)26-23(4,5)27-21/h6-14,20-21H,15-16H2,1-5H3/t20-,21+/m1/s1. The SMILES string of the molecule is CC1(C)O[C@@H](COc2cccc([Si](c3ccccc3)C(C)(C)C)c2)[C@@H](CI)O1. The van der Waals surface area contributed by atoms with Crippen molar-refractivity contribution in [3.05, 3.63) is 54.6 Å². The largest absolute Gasteiger partial charge is 0.491 e. The number of benzene rings is 2. The fourth-order valence-electron chi connectivity index (χ4n) is 3.74. The zero-order chi connectivity index (χ0) is 20.4. The lowest BCUT2D eigenvalue weighted by Gasteiger charge is -2.30. The highest BCUT2D eigenvalue weighted by Gasteiger charge is 2.41. The summed E-state index contributed by atoms with van der Waals surface area (Å²) in [6, 6.07) is 19.5. The number of halogens is 1. The lowest BCUT2D eigenvalue weighted by atomic mass is 10.2. The van der Waals surface area contributed by atoms with Gasteiger partial charge in [-0.25, -0.2) is 0 Å². The molecule has 0 spiro atoms. The molecule has 1 heterocycles. The average molecular weight is 509 g/mol. The molecule has 5 heteroatoms. The molecule has 1 radical (unpaired) electrons. The first-order chi connectivity index (χ1) is 13.2. The van der Waals surface area contributed by atoms with E-state index in [9.17, 15) is 0 Å². The summed E-state index contributed by atoms with van der Waals surface area (Å²) in [6.07, 6.45) is 0.0226. The molecule has 0 aliphatic carbocycles. The van der Waals surface area contributed by atoms with Crippen molar-refractivity contribution in [1.29, 1.82) is 0 Å². The van der Waals surface area contributed by atoms with Gasteiger partial charge in [0.25, 0.3) is 0 Å². The van der Waals surface area contributed by atoms with Crippen molar-refractivity contribution in [1.82, 2.24) is 0 Å². The Labute approximate surface area is 184 Å². The Bertz CT molecular complexity index is 773.